The van der Waals surface area contributed by atoms with Gasteiger partial charge >= 0.3 is 0 Å². The van der Waals surface area contributed by atoms with Crippen LogP contribution in [0.1, 0.15) is 72.8 Å². The maximum Gasteiger partial charge on any atom is 0.224 e. The molecule has 2 aromatic rings. The zero-order valence-corrected chi connectivity index (χ0v) is 19.4. The second-order valence-electron chi connectivity index (χ2n) is 9.89. The molecule has 0 spiro atoms. The number of anilines is 1. The first kappa shape index (κ1) is 21.8. The number of rotatable bonds is 4. The van der Waals surface area contributed by atoms with E-state index in [0.29, 0.717) is 26.2 Å². The molecular formula is C26H33NO4. The number of ether oxygens (including phenoxy) is 3. The van der Waals surface area contributed by atoms with Crippen LogP contribution >= 0.6 is 0 Å². The van der Waals surface area contributed by atoms with E-state index in [2.05, 4.69) is 65.1 Å². The average Bonchev–Trinajstić information content (AvgIpc) is 3.38. The van der Waals surface area contributed by atoms with Gasteiger partial charge in [-0.1, -0.05) is 39.0 Å². The summed E-state index contributed by atoms with van der Waals surface area (Å²) in [7, 11) is 0. The summed E-state index contributed by atoms with van der Waals surface area (Å²) in [5.41, 5.74) is 7.47. The summed E-state index contributed by atoms with van der Waals surface area (Å²) >= 11 is 0. The van der Waals surface area contributed by atoms with E-state index in [9.17, 15) is 4.79 Å². The van der Waals surface area contributed by atoms with Crippen molar-refractivity contribution in [2.24, 2.45) is 5.41 Å². The summed E-state index contributed by atoms with van der Waals surface area (Å²) in [5.74, 6) is 1.10. The van der Waals surface area contributed by atoms with Crippen LogP contribution in [0.5, 0.6) is 5.75 Å². The quantitative estimate of drug-likeness (QED) is 0.700. The Morgan fingerprint density at radius 2 is 1.71 bits per heavy atom. The first-order chi connectivity index (χ1) is 14.7. The topological polar surface area (TPSA) is 56.8 Å². The number of carbonyl (C=O) groups is 1. The average molecular weight is 424 g/mol. The van der Waals surface area contributed by atoms with Crippen molar-refractivity contribution in [2.75, 3.05) is 25.1 Å². The third-order valence-electron chi connectivity index (χ3n) is 6.21. The lowest BCUT2D eigenvalue weighted by atomic mass is 9.85. The number of hydrogen-bond donors (Lipinski definition) is 1. The van der Waals surface area contributed by atoms with Gasteiger partial charge in [0.25, 0.3) is 0 Å². The molecule has 1 saturated heterocycles. The minimum absolute atomic E-state index is 0.0473. The van der Waals surface area contributed by atoms with Crippen LogP contribution in [0, 0.1) is 26.2 Å². The van der Waals surface area contributed by atoms with E-state index in [4.69, 9.17) is 14.2 Å². The molecule has 0 saturated carbocycles. The third-order valence-corrected chi connectivity index (χ3v) is 6.21. The van der Waals surface area contributed by atoms with Crippen molar-refractivity contribution in [1.29, 1.82) is 0 Å². The van der Waals surface area contributed by atoms with Gasteiger partial charge in [0.2, 0.25) is 5.91 Å². The Balaban J connectivity index is 1.71. The van der Waals surface area contributed by atoms with Crippen LogP contribution in [-0.4, -0.2) is 25.7 Å². The molecule has 1 N–H and O–H groups in total. The van der Waals surface area contributed by atoms with Crippen molar-refractivity contribution in [3.8, 4) is 5.75 Å². The van der Waals surface area contributed by atoms with E-state index in [1.54, 1.807) is 0 Å². The number of benzene rings is 2. The van der Waals surface area contributed by atoms with Crippen LogP contribution < -0.4 is 10.1 Å². The van der Waals surface area contributed by atoms with Gasteiger partial charge in [-0.05, 0) is 54.5 Å². The number of hydrogen-bond acceptors (Lipinski definition) is 4. The zero-order valence-electron chi connectivity index (χ0n) is 19.4. The van der Waals surface area contributed by atoms with E-state index in [-0.39, 0.29) is 23.5 Å². The standard InChI is InChI=1S/C26H33NO4/c1-15-16(2)24-22(17(3)23(15)27-21(28)13-26(4,5)6)20(14-31-24)18-8-7-9-19(12-18)25-29-10-11-30-25/h7-9,12,20,25H,10-11,13-14H2,1-6H3,(H,27,28). The highest BCUT2D eigenvalue weighted by atomic mass is 16.7. The molecule has 5 heteroatoms. The highest BCUT2D eigenvalue weighted by Crippen LogP contribution is 2.47. The molecule has 1 unspecified atom stereocenters. The largest absolute Gasteiger partial charge is 0.492 e. The van der Waals surface area contributed by atoms with Crippen LogP contribution in [0.15, 0.2) is 24.3 Å². The summed E-state index contributed by atoms with van der Waals surface area (Å²) in [6, 6.07) is 8.39. The lowest BCUT2D eigenvalue weighted by Gasteiger charge is -2.22. The van der Waals surface area contributed by atoms with Crippen molar-refractivity contribution in [3.63, 3.8) is 0 Å². The maximum absolute atomic E-state index is 12.7. The minimum atomic E-state index is -0.296. The maximum atomic E-state index is 12.7. The van der Waals surface area contributed by atoms with Crippen molar-refractivity contribution >= 4 is 11.6 Å². The Bertz CT molecular complexity index is 999. The first-order valence-corrected chi connectivity index (χ1v) is 11.0. The summed E-state index contributed by atoms with van der Waals surface area (Å²) in [6.45, 7) is 14.3. The molecular weight excluding hydrogens is 390 g/mol. The third kappa shape index (κ3) is 4.35. The molecule has 2 aromatic carbocycles. The highest BCUT2D eigenvalue weighted by Gasteiger charge is 2.33. The Labute approximate surface area is 185 Å². The molecule has 0 bridgehead atoms. The fourth-order valence-electron chi connectivity index (χ4n) is 4.59. The Kier molecular flexibility index (Phi) is 5.84. The van der Waals surface area contributed by atoms with Crippen LogP contribution in [0.2, 0.25) is 0 Å². The zero-order chi connectivity index (χ0) is 22.3. The SMILES string of the molecule is Cc1c(C)c2c(c(C)c1NC(=O)CC(C)(C)C)C(c1cccc(C3OCCO3)c1)CO2. The molecule has 1 atom stereocenters. The van der Waals surface area contributed by atoms with E-state index < -0.39 is 0 Å². The second-order valence-corrected chi connectivity index (χ2v) is 9.89. The molecule has 166 valence electrons. The Hall–Kier alpha value is -2.37. The highest BCUT2D eigenvalue weighted by molar-refractivity contribution is 5.93. The van der Waals surface area contributed by atoms with Gasteiger partial charge in [0.1, 0.15) is 5.75 Å². The van der Waals surface area contributed by atoms with E-state index in [0.717, 1.165) is 33.7 Å². The van der Waals surface area contributed by atoms with Crippen molar-refractivity contribution in [3.05, 3.63) is 57.6 Å². The molecule has 1 fully saturated rings. The summed E-state index contributed by atoms with van der Waals surface area (Å²) in [6.07, 6.45) is 0.181. The smallest absolute Gasteiger partial charge is 0.224 e. The van der Waals surface area contributed by atoms with Crippen LogP contribution in [0.25, 0.3) is 0 Å². The number of nitrogens with one attached hydrogen (secondary N) is 1. The van der Waals surface area contributed by atoms with Crippen LogP contribution in [-0.2, 0) is 14.3 Å². The molecule has 0 aromatic heterocycles. The van der Waals surface area contributed by atoms with Crippen LogP contribution in [0.4, 0.5) is 5.69 Å². The molecule has 2 aliphatic heterocycles. The van der Waals surface area contributed by atoms with E-state index in [1.165, 1.54) is 11.1 Å². The van der Waals surface area contributed by atoms with Gasteiger partial charge in [-0.2, -0.15) is 0 Å². The fourth-order valence-corrected chi connectivity index (χ4v) is 4.59. The Morgan fingerprint density at radius 1 is 1.03 bits per heavy atom. The summed E-state index contributed by atoms with van der Waals surface area (Å²) in [4.78, 5) is 12.7. The molecule has 4 rings (SSSR count). The predicted octanol–water partition coefficient (Wildman–Crippen LogP) is 5.56. The number of carbonyl (C=O) groups excluding carboxylic acids is 1. The van der Waals surface area contributed by atoms with Gasteiger partial charge < -0.3 is 19.5 Å². The first-order valence-electron chi connectivity index (χ1n) is 11.0. The normalized spacial score (nSPS) is 18.7. The lowest BCUT2D eigenvalue weighted by Crippen LogP contribution is -2.21. The second kappa shape index (κ2) is 8.29. The predicted molar refractivity (Wildman–Crippen MR) is 122 cm³/mol. The molecule has 5 nitrogen and oxygen atoms in total. The number of amides is 1. The van der Waals surface area contributed by atoms with Gasteiger partial charge in [0.15, 0.2) is 6.29 Å². The number of fused-ring (bicyclic) bond motifs is 1. The molecule has 0 radical (unpaired) electrons. The molecule has 2 aliphatic rings. The molecule has 0 aliphatic carbocycles. The molecule has 2 heterocycles. The Morgan fingerprint density at radius 3 is 2.39 bits per heavy atom. The summed E-state index contributed by atoms with van der Waals surface area (Å²) < 4.78 is 17.6. The van der Waals surface area contributed by atoms with Gasteiger partial charge in [-0.3, -0.25) is 4.79 Å². The van der Waals surface area contributed by atoms with Gasteiger partial charge in [-0.15, -0.1) is 0 Å². The van der Waals surface area contributed by atoms with Crippen molar-refractivity contribution < 1.29 is 19.0 Å². The molecule has 1 amide bonds. The van der Waals surface area contributed by atoms with Gasteiger partial charge in [0.05, 0.1) is 19.8 Å². The lowest BCUT2D eigenvalue weighted by molar-refractivity contribution is -0.117. The fraction of sp³-hybridized carbons (Fsp3) is 0.500. The monoisotopic (exact) mass is 423 g/mol. The van der Waals surface area contributed by atoms with E-state index in [1.807, 2.05) is 6.07 Å². The molecule has 31 heavy (non-hydrogen) atoms. The van der Waals surface area contributed by atoms with Gasteiger partial charge in [-0.25, -0.2) is 0 Å². The van der Waals surface area contributed by atoms with Crippen molar-refractivity contribution in [2.45, 2.75) is 60.2 Å². The van der Waals surface area contributed by atoms with E-state index >= 15 is 0 Å². The summed E-state index contributed by atoms with van der Waals surface area (Å²) in [5, 5.41) is 3.20. The van der Waals surface area contributed by atoms with Crippen molar-refractivity contribution in [1.82, 2.24) is 0 Å². The minimum Gasteiger partial charge on any atom is -0.492 e. The van der Waals surface area contributed by atoms with Gasteiger partial charge in [0, 0.05) is 29.2 Å². The van der Waals surface area contributed by atoms with Crippen LogP contribution in [0.3, 0.4) is 0 Å².